The van der Waals surface area contributed by atoms with Crippen LogP contribution in [-0.2, 0) is 27.9 Å². The molecular weight excluding hydrogens is 873 g/mol. The van der Waals surface area contributed by atoms with Gasteiger partial charge in [0.25, 0.3) is 0 Å². The van der Waals surface area contributed by atoms with E-state index in [-0.39, 0.29) is 40.7 Å². The Morgan fingerprint density at radius 1 is 0.562 bits per heavy atom. The second-order valence-electron chi connectivity index (χ2n) is 21.5. The molecule has 9 rings (SSSR count). The molecule has 3 saturated heterocycles. The van der Waals surface area contributed by atoms with Crippen LogP contribution in [0.2, 0.25) is 0 Å². The van der Waals surface area contributed by atoms with E-state index in [1.54, 1.807) is 0 Å². The van der Waals surface area contributed by atoms with Crippen LogP contribution in [0, 0.1) is 27.0 Å². The van der Waals surface area contributed by atoms with Crippen molar-refractivity contribution in [3.05, 3.63) is 75.1 Å². The van der Waals surface area contributed by atoms with Gasteiger partial charge in [-0.1, -0.05) is 0 Å². The van der Waals surface area contributed by atoms with Gasteiger partial charge in [0.2, 0.25) is 0 Å². The minimum Gasteiger partial charge on any atom is -0.405 e. The second-order valence-corrected chi connectivity index (χ2v) is 22.3. The van der Waals surface area contributed by atoms with Crippen LogP contribution in [0.1, 0.15) is 145 Å². The van der Waals surface area contributed by atoms with Crippen LogP contribution >= 0.6 is 15.9 Å². The fourth-order valence-electron chi connectivity index (χ4n) is 9.14. The van der Waals surface area contributed by atoms with Gasteiger partial charge in [0, 0.05) is 50.8 Å². The number of rotatable bonds is 4. The number of halogens is 1. The number of aliphatic hydroxyl groups is 2. The van der Waals surface area contributed by atoms with Gasteiger partial charge in [0.05, 0.1) is 59.0 Å². The summed E-state index contributed by atoms with van der Waals surface area (Å²) in [7, 11) is -1.42. The molecule has 342 valence electrons. The lowest BCUT2D eigenvalue weighted by molar-refractivity contribution is 0.00578. The Morgan fingerprint density at radius 2 is 0.922 bits per heavy atom. The lowest BCUT2D eigenvalue weighted by atomic mass is 9.49. The fraction of sp³-hybridized carbons (Fsp3) is 0.625. The van der Waals surface area contributed by atoms with Crippen LogP contribution in [0.5, 0.6) is 0 Å². The second kappa shape index (κ2) is 17.2. The summed E-state index contributed by atoms with van der Waals surface area (Å²) in [5.41, 5.74) is 4.27. The van der Waals surface area contributed by atoms with Crippen LogP contribution in [0.4, 0.5) is 11.4 Å². The Morgan fingerprint density at radius 3 is 1.30 bits per heavy atom. The van der Waals surface area contributed by atoms with Crippen molar-refractivity contribution in [1.82, 2.24) is 9.13 Å². The van der Waals surface area contributed by atoms with Crippen molar-refractivity contribution in [2.45, 2.75) is 193 Å². The van der Waals surface area contributed by atoms with Crippen LogP contribution in [-0.4, -0.2) is 86.3 Å². The summed E-state index contributed by atoms with van der Waals surface area (Å²) in [6.45, 7) is 43.0. The number of aliphatic hydroxyl groups excluding tert-OH is 2. The van der Waals surface area contributed by atoms with Crippen molar-refractivity contribution in [2.75, 3.05) is 0 Å². The normalized spacial score (nSPS) is 27.0. The summed E-state index contributed by atoms with van der Waals surface area (Å²) in [5.74, 6) is 0. The minimum atomic E-state index is -0.476. The van der Waals surface area contributed by atoms with Crippen LogP contribution in [0.25, 0.3) is 31.5 Å². The van der Waals surface area contributed by atoms with E-state index in [0.717, 1.165) is 81.4 Å². The molecule has 5 aliphatic rings. The molecule has 5 heterocycles. The van der Waals surface area contributed by atoms with Gasteiger partial charge in [-0.3, -0.25) is 0 Å². The third-order valence-electron chi connectivity index (χ3n) is 15.3. The molecule has 2 N–H and O–H groups in total. The number of aryl methyl sites for hydroxylation is 2. The van der Waals surface area contributed by atoms with Crippen molar-refractivity contribution in [3.63, 3.8) is 0 Å². The number of benzene rings is 2. The highest BCUT2D eigenvalue weighted by Crippen LogP contribution is 2.44. The highest BCUT2D eigenvalue weighted by Gasteiger charge is 2.63. The summed E-state index contributed by atoms with van der Waals surface area (Å²) in [5, 5.41) is 21.8. The molecule has 0 bridgehead atoms. The van der Waals surface area contributed by atoms with Crippen molar-refractivity contribution < 1.29 is 38.1 Å². The molecule has 64 heavy (non-hydrogen) atoms. The predicted octanol–water partition coefficient (Wildman–Crippen LogP) is 10.5. The minimum absolute atomic E-state index is 0.176. The lowest BCUT2D eigenvalue weighted by Gasteiger charge is -2.32. The van der Waals surface area contributed by atoms with Crippen molar-refractivity contribution in [3.8, 4) is 0 Å². The molecule has 12 nitrogen and oxygen atoms in total. The van der Waals surface area contributed by atoms with E-state index in [1.807, 2.05) is 109 Å². The molecule has 0 unspecified atom stereocenters. The van der Waals surface area contributed by atoms with Crippen molar-refractivity contribution in [1.29, 1.82) is 0 Å². The first-order chi connectivity index (χ1) is 29.6. The van der Waals surface area contributed by atoms with Crippen LogP contribution in [0.3, 0.4) is 0 Å². The molecule has 2 saturated carbocycles. The number of nitrogens with zero attached hydrogens (tertiary/aromatic N) is 4. The Kier molecular flexibility index (Phi) is 13.1. The maximum absolute atomic E-state index is 10.0. The molecule has 0 amide bonds. The fourth-order valence-corrected chi connectivity index (χ4v) is 9.68. The van der Waals surface area contributed by atoms with E-state index >= 15 is 0 Å². The molecule has 5 fully saturated rings. The van der Waals surface area contributed by atoms with E-state index < -0.39 is 32.3 Å². The SMILES string of the molecule is CC1(C)OB(B2OC(C)(C)C(C)(C)O2)OC1(C)C.[C-]#[N+]c1cc2c(B3OC(C)(C)C(C)(C)O3)cn([C@@H]3CC[C@@H](O)C3)c2cc1C.[C-]#[N+]c1cc2c(Br)cn([C@@H]3CC[C@@H](O)C3)c2cc1C. The molecule has 2 aliphatic carbocycles. The monoisotopic (exact) mass is 938 g/mol. The Hall–Kier alpha value is -3.15. The van der Waals surface area contributed by atoms with E-state index in [2.05, 4.69) is 59.3 Å². The summed E-state index contributed by atoms with van der Waals surface area (Å²) >= 11 is 3.58. The molecule has 16 heteroatoms. The first-order valence-electron chi connectivity index (χ1n) is 22.7. The quantitative estimate of drug-likeness (QED) is 0.154. The van der Waals surface area contributed by atoms with Crippen molar-refractivity contribution in [2.24, 2.45) is 0 Å². The van der Waals surface area contributed by atoms with Gasteiger partial charge in [-0.2, -0.15) is 0 Å². The molecule has 2 aromatic heterocycles. The first-order valence-corrected chi connectivity index (χ1v) is 23.5. The lowest BCUT2D eigenvalue weighted by Crippen LogP contribution is -2.41. The van der Waals surface area contributed by atoms with E-state index in [1.165, 1.54) is 0 Å². The Labute approximate surface area is 389 Å². The van der Waals surface area contributed by atoms with E-state index in [4.69, 9.17) is 41.1 Å². The van der Waals surface area contributed by atoms with Gasteiger partial charge in [-0.25, -0.2) is 9.69 Å². The molecule has 3 aliphatic heterocycles. The third-order valence-corrected chi connectivity index (χ3v) is 16.0. The third kappa shape index (κ3) is 9.01. The van der Waals surface area contributed by atoms with Crippen molar-refractivity contribution >= 4 is 75.7 Å². The molecule has 4 atom stereocenters. The highest BCUT2D eigenvalue weighted by atomic mass is 79.9. The largest absolute Gasteiger partial charge is 0.496 e. The molecular formula is C48H66B3BrN4O8. The number of hydrogen-bond donors (Lipinski definition) is 2. The standard InChI is InChI=1S/C21H27BN2O3.C15H15BrN2O.C12H24B2O4/c1-13-9-19-16(11-18(13)23-6)17(12-24(19)14-7-8-15(25)10-14)22-26-20(2,3)21(4,5)27-22;1-9-5-15-12(7-14(9)17-2)13(16)8-18(15)10-3-4-11(19)6-10;1-9(2)10(3,4)16-13(15-9)14-17-11(5,6)12(7,8)18-14/h9,11-12,14-15,25H,7-8,10H2,1-5H3;5,7-8,10-11,19H,3-4,6H2,1H3;1-8H3/t14-,15-;10-,11-;/m11./s1. The zero-order chi connectivity index (χ0) is 47.1. The van der Waals surface area contributed by atoms with Gasteiger partial charge in [-0.05, 0) is 192 Å². The summed E-state index contributed by atoms with van der Waals surface area (Å²) in [6, 6.07) is 8.70. The molecule has 4 aromatic rings. The summed E-state index contributed by atoms with van der Waals surface area (Å²) < 4.78 is 42.0. The van der Waals surface area contributed by atoms with Gasteiger partial charge in [0.15, 0.2) is 11.4 Å². The van der Waals surface area contributed by atoms with Gasteiger partial charge in [0.1, 0.15) is 0 Å². The zero-order valence-electron chi connectivity index (χ0n) is 40.3. The Balaban J connectivity index is 0.000000148. The van der Waals surface area contributed by atoms with E-state index in [0.29, 0.717) is 17.4 Å². The maximum Gasteiger partial charge on any atom is 0.496 e. The van der Waals surface area contributed by atoms with E-state index in [9.17, 15) is 10.2 Å². The maximum atomic E-state index is 10.0. The van der Waals surface area contributed by atoms with Gasteiger partial charge in [-0.15, -0.1) is 0 Å². The molecule has 0 spiro atoms. The molecule has 0 radical (unpaired) electrons. The summed E-state index contributed by atoms with van der Waals surface area (Å²) in [6.07, 6.45) is 9.04. The van der Waals surface area contributed by atoms with Crippen LogP contribution in [0.15, 0.2) is 41.1 Å². The average Bonchev–Trinajstić information content (AvgIpc) is 4.05. The van der Waals surface area contributed by atoms with Gasteiger partial charge < -0.3 is 47.3 Å². The number of fused-ring (bicyclic) bond motifs is 2. The first kappa shape index (κ1) is 48.8. The smallest absolute Gasteiger partial charge is 0.405 e. The Bertz CT molecular complexity index is 2420. The van der Waals surface area contributed by atoms with Crippen LogP contribution < -0.4 is 5.46 Å². The predicted molar refractivity (Wildman–Crippen MR) is 259 cm³/mol. The topological polar surface area (TPSA) is 114 Å². The zero-order valence-corrected chi connectivity index (χ0v) is 41.8. The molecule has 2 aromatic carbocycles. The summed E-state index contributed by atoms with van der Waals surface area (Å²) in [4.78, 5) is 7.24. The van der Waals surface area contributed by atoms with Gasteiger partial charge >= 0.3 is 21.1 Å². The average molecular weight is 939 g/mol. The number of hydrogen-bond acceptors (Lipinski definition) is 8. The number of aromatic nitrogens is 2. The highest BCUT2D eigenvalue weighted by molar-refractivity contribution is 9.10.